The van der Waals surface area contributed by atoms with Crippen molar-refractivity contribution in [3.63, 3.8) is 0 Å². The van der Waals surface area contributed by atoms with E-state index in [2.05, 4.69) is 22.2 Å². The number of halogens is 1. The van der Waals surface area contributed by atoms with Gasteiger partial charge in [0.15, 0.2) is 0 Å². The van der Waals surface area contributed by atoms with E-state index in [1.165, 1.54) is 18.4 Å². The number of hydrogen-bond donors (Lipinski definition) is 1. The van der Waals surface area contributed by atoms with Gasteiger partial charge in [0.25, 0.3) is 0 Å². The lowest BCUT2D eigenvalue weighted by Gasteiger charge is -2.18. The molecule has 1 aliphatic carbocycles. The highest BCUT2D eigenvalue weighted by atomic mass is 35.5. The van der Waals surface area contributed by atoms with Crippen LogP contribution in [0.1, 0.15) is 31.0 Å². The number of aromatic nitrogens is 2. The van der Waals surface area contributed by atoms with Gasteiger partial charge in [0.05, 0.1) is 5.69 Å². The van der Waals surface area contributed by atoms with Crippen molar-refractivity contribution in [3.05, 3.63) is 16.5 Å². The zero-order chi connectivity index (χ0) is 9.97. The Labute approximate surface area is 88.9 Å². The maximum absolute atomic E-state index is 5.86. The molecular formula is C10H14ClN3. The zero-order valence-corrected chi connectivity index (χ0v) is 9.06. The van der Waals surface area contributed by atoms with Gasteiger partial charge >= 0.3 is 0 Å². The van der Waals surface area contributed by atoms with Crippen LogP contribution in [0.5, 0.6) is 0 Å². The molecule has 1 heterocycles. The minimum atomic E-state index is 0.363. The van der Waals surface area contributed by atoms with Crippen molar-refractivity contribution in [2.45, 2.75) is 32.6 Å². The molecule has 0 aromatic carbocycles. The van der Waals surface area contributed by atoms with Crippen molar-refractivity contribution >= 4 is 17.4 Å². The maximum Gasteiger partial charge on any atom is 0.224 e. The van der Waals surface area contributed by atoms with Crippen LogP contribution in [0.3, 0.4) is 0 Å². The summed E-state index contributed by atoms with van der Waals surface area (Å²) in [5.41, 5.74) is 2.40. The molecule has 1 aliphatic rings. The number of nitrogens with zero attached hydrogens (tertiary/aromatic N) is 2. The molecule has 0 aliphatic heterocycles. The van der Waals surface area contributed by atoms with E-state index in [-0.39, 0.29) is 0 Å². The van der Waals surface area contributed by atoms with Gasteiger partial charge in [-0.2, -0.15) is 0 Å². The highest BCUT2D eigenvalue weighted by Gasteiger charge is 2.16. The van der Waals surface area contributed by atoms with E-state index in [1.807, 2.05) is 0 Å². The number of anilines is 1. The second kappa shape index (κ2) is 4.13. The van der Waals surface area contributed by atoms with Crippen molar-refractivity contribution in [3.8, 4) is 0 Å². The minimum absolute atomic E-state index is 0.363. The third kappa shape index (κ3) is 1.82. The zero-order valence-electron chi connectivity index (χ0n) is 8.31. The lowest BCUT2D eigenvalue weighted by Crippen LogP contribution is -2.12. The first-order valence-electron chi connectivity index (χ1n) is 5.10. The van der Waals surface area contributed by atoms with Crippen molar-refractivity contribution in [2.24, 2.45) is 0 Å². The van der Waals surface area contributed by atoms with E-state index in [4.69, 9.17) is 11.6 Å². The molecule has 0 fully saturated rings. The largest absolute Gasteiger partial charge is 0.370 e. The summed E-state index contributed by atoms with van der Waals surface area (Å²) in [5, 5.41) is 3.60. The number of rotatable bonds is 2. The molecule has 1 aromatic rings. The summed E-state index contributed by atoms with van der Waals surface area (Å²) in [6.45, 7) is 2.94. The quantitative estimate of drug-likeness (QED) is 0.764. The third-order valence-electron chi connectivity index (χ3n) is 2.50. The third-order valence-corrected chi connectivity index (χ3v) is 2.67. The SMILES string of the molecule is CCNc1nc(Cl)nc2c1CCCC2. The molecule has 0 amide bonds. The van der Waals surface area contributed by atoms with Crippen LogP contribution in [0.15, 0.2) is 0 Å². The molecule has 0 saturated heterocycles. The first-order chi connectivity index (χ1) is 6.81. The van der Waals surface area contributed by atoms with Gasteiger partial charge in [-0.3, -0.25) is 0 Å². The fourth-order valence-electron chi connectivity index (χ4n) is 1.88. The minimum Gasteiger partial charge on any atom is -0.370 e. The summed E-state index contributed by atoms with van der Waals surface area (Å²) in [7, 11) is 0. The van der Waals surface area contributed by atoms with Gasteiger partial charge < -0.3 is 5.32 Å². The Hall–Kier alpha value is -0.830. The highest BCUT2D eigenvalue weighted by Crippen LogP contribution is 2.26. The standard InChI is InChI=1S/C10H14ClN3/c1-2-12-9-7-5-3-4-6-8(7)13-10(11)14-9/h2-6H2,1H3,(H,12,13,14). The fraction of sp³-hybridized carbons (Fsp3) is 0.600. The van der Waals surface area contributed by atoms with Gasteiger partial charge in [-0.1, -0.05) is 0 Å². The molecule has 4 heteroatoms. The summed E-state index contributed by atoms with van der Waals surface area (Å²) >= 11 is 5.86. The van der Waals surface area contributed by atoms with E-state index in [1.54, 1.807) is 0 Å². The number of hydrogen-bond acceptors (Lipinski definition) is 3. The molecular weight excluding hydrogens is 198 g/mol. The second-order valence-electron chi connectivity index (χ2n) is 3.50. The van der Waals surface area contributed by atoms with Crippen LogP contribution in [-0.4, -0.2) is 16.5 Å². The topological polar surface area (TPSA) is 37.8 Å². The predicted molar refractivity (Wildman–Crippen MR) is 57.8 cm³/mol. The van der Waals surface area contributed by atoms with Gasteiger partial charge in [0, 0.05) is 12.1 Å². The van der Waals surface area contributed by atoms with E-state index in [9.17, 15) is 0 Å². The van der Waals surface area contributed by atoms with Crippen molar-refractivity contribution in [1.29, 1.82) is 0 Å². The van der Waals surface area contributed by atoms with Crippen LogP contribution in [0.4, 0.5) is 5.82 Å². The van der Waals surface area contributed by atoms with E-state index in [0.717, 1.165) is 30.9 Å². The summed E-state index contributed by atoms with van der Waals surface area (Å²) in [4.78, 5) is 8.49. The maximum atomic E-state index is 5.86. The van der Waals surface area contributed by atoms with E-state index >= 15 is 0 Å². The molecule has 0 spiro atoms. The molecule has 3 nitrogen and oxygen atoms in total. The normalized spacial score (nSPS) is 15.0. The van der Waals surface area contributed by atoms with Gasteiger partial charge in [0.1, 0.15) is 5.82 Å². The number of fused-ring (bicyclic) bond motifs is 1. The van der Waals surface area contributed by atoms with Gasteiger partial charge in [-0.25, -0.2) is 9.97 Å². The Bertz CT molecular complexity index is 338. The number of aryl methyl sites for hydroxylation is 1. The van der Waals surface area contributed by atoms with Gasteiger partial charge in [-0.15, -0.1) is 0 Å². The van der Waals surface area contributed by atoms with Crippen molar-refractivity contribution in [2.75, 3.05) is 11.9 Å². The molecule has 1 N–H and O–H groups in total. The molecule has 76 valence electrons. The van der Waals surface area contributed by atoms with Crippen LogP contribution in [0.2, 0.25) is 5.28 Å². The second-order valence-corrected chi connectivity index (χ2v) is 3.84. The summed E-state index contributed by atoms with van der Waals surface area (Å²) in [6, 6.07) is 0. The summed E-state index contributed by atoms with van der Waals surface area (Å²) in [5.74, 6) is 0.933. The monoisotopic (exact) mass is 211 g/mol. The Kier molecular flexibility index (Phi) is 2.87. The smallest absolute Gasteiger partial charge is 0.224 e. The molecule has 14 heavy (non-hydrogen) atoms. The van der Waals surface area contributed by atoms with Crippen molar-refractivity contribution in [1.82, 2.24) is 9.97 Å². The molecule has 0 radical (unpaired) electrons. The van der Waals surface area contributed by atoms with Crippen LogP contribution in [0.25, 0.3) is 0 Å². The molecule has 0 atom stereocenters. The van der Waals surface area contributed by atoms with Crippen LogP contribution < -0.4 is 5.32 Å². The first kappa shape index (κ1) is 9.71. The molecule has 2 rings (SSSR count). The highest BCUT2D eigenvalue weighted by molar-refractivity contribution is 6.28. The summed E-state index contributed by atoms with van der Waals surface area (Å²) < 4.78 is 0. The molecule has 0 saturated carbocycles. The summed E-state index contributed by atoms with van der Waals surface area (Å²) in [6.07, 6.45) is 4.56. The van der Waals surface area contributed by atoms with Gasteiger partial charge in [0.2, 0.25) is 5.28 Å². The lowest BCUT2D eigenvalue weighted by atomic mass is 9.96. The van der Waals surface area contributed by atoms with Crippen LogP contribution in [-0.2, 0) is 12.8 Å². The fourth-order valence-corrected chi connectivity index (χ4v) is 2.06. The Morgan fingerprint density at radius 2 is 2.07 bits per heavy atom. The molecule has 0 unspecified atom stereocenters. The Morgan fingerprint density at radius 3 is 2.86 bits per heavy atom. The predicted octanol–water partition coefficient (Wildman–Crippen LogP) is 2.44. The first-order valence-corrected chi connectivity index (χ1v) is 5.48. The van der Waals surface area contributed by atoms with Crippen molar-refractivity contribution < 1.29 is 0 Å². The average molecular weight is 212 g/mol. The van der Waals surface area contributed by atoms with E-state index in [0.29, 0.717) is 5.28 Å². The average Bonchev–Trinajstić information content (AvgIpc) is 2.18. The molecule has 1 aromatic heterocycles. The molecule has 0 bridgehead atoms. The number of nitrogens with one attached hydrogen (secondary N) is 1. The van der Waals surface area contributed by atoms with Gasteiger partial charge in [-0.05, 0) is 44.2 Å². The Balaban J connectivity index is 2.41. The Morgan fingerprint density at radius 1 is 1.29 bits per heavy atom. The lowest BCUT2D eigenvalue weighted by molar-refractivity contribution is 0.663. The van der Waals surface area contributed by atoms with Crippen LogP contribution in [0, 0.1) is 0 Å². The van der Waals surface area contributed by atoms with E-state index < -0.39 is 0 Å². The van der Waals surface area contributed by atoms with Crippen LogP contribution >= 0.6 is 11.6 Å².